The summed E-state index contributed by atoms with van der Waals surface area (Å²) in [7, 11) is -3.90. The Balaban J connectivity index is 2.20. The molecule has 1 aromatic carbocycles. The molecule has 6 nitrogen and oxygen atoms in total. The number of hydrogen-bond acceptors (Lipinski definition) is 4. The number of rotatable bonds is 5. The van der Waals surface area contributed by atoms with E-state index in [1.54, 1.807) is 31.2 Å². The molecule has 1 atom stereocenters. The molecule has 106 valence electrons. The minimum absolute atomic E-state index is 0.419. The molecule has 2 aromatic rings. The highest BCUT2D eigenvalue weighted by atomic mass is 32.2. The molecular weight excluding hydrogens is 282 g/mol. The number of hydrogen-bond donors (Lipinski definition) is 2. The zero-order chi connectivity index (χ0) is 14.8. The van der Waals surface area contributed by atoms with Crippen LogP contribution in [0.2, 0.25) is 0 Å². The predicted octanol–water partition coefficient (Wildman–Crippen LogP) is 2.02. The molecule has 0 saturated heterocycles. The van der Waals surface area contributed by atoms with Crippen LogP contribution >= 0.6 is 0 Å². The highest BCUT2D eigenvalue weighted by molar-refractivity contribution is 7.89. The number of carboxylic acids is 1. The molecule has 0 fully saturated rings. The van der Waals surface area contributed by atoms with Gasteiger partial charge in [0.25, 0.3) is 10.0 Å². The normalized spacial score (nSPS) is 13.1. The molecule has 0 amide bonds. The van der Waals surface area contributed by atoms with E-state index >= 15 is 0 Å². The Hall–Kier alpha value is -2.12. The number of carboxylic acid groups (broad SMARTS) is 1. The number of benzene rings is 1. The van der Waals surface area contributed by atoms with E-state index in [9.17, 15) is 13.2 Å². The van der Waals surface area contributed by atoms with Gasteiger partial charge in [-0.3, -0.25) is 0 Å². The van der Waals surface area contributed by atoms with Gasteiger partial charge in [-0.2, -0.15) is 0 Å². The molecular formula is C13H13NO5S. The zero-order valence-electron chi connectivity index (χ0n) is 10.6. The summed E-state index contributed by atoms with van der Waals surface area (Å²) in [5.74, 6) is -1.74. The largest absolute Gasteiger partial charge is 0.475 e. The average molecular weight is 295 g/mol. The summed E-state index contributed by atoms with van der Waals surface area (Å²) in [4.78, 5) is 10.7. The number of furan rings is 1. The molecule has 0 aliphatic heterocycles. The van der Waals surface area contributed by atoms with Crippen LogP contribution in [-0.4, -0.2) is 19.5 Å². The molecule has 0 radical (unpaired) electrons. The Labute approximate surface area is 116 Å². The van der Waals surface area contributed by atoms with Gasteiger partial charge in [0.15, 0.2) is 0 Å². The van der Waals surface area contributed by atoms with Crippen molar-refractivity contribution < 1.29 is 22.7 Å². The Kier molecular flexibility index (Phi) is 3.91. The fraction of sp³-hybridized carbons (Fsp3) is 0.154. The second-order valence-corrected chi connectivity index (χ2v) is 5.82. The maximum absolute atomic E-state index is 12.1. The van der Waals surface area contributed by atoms with Crippen molar-refractivity contribution in [3.05, 3.63) is 53.8 Å². The van der Waals surface area contributed by atoms with Crippen LogP contribution in [0.25, 0.3) is 0 Å². The minimum Gasteiger partial charge on any atom is -0.475 e. The summed E-state index contributed by atoms with van der Waals surface area (Å²) in [6, 6.07) is 10.8. The van der Waals surface area contributed by atoms with E-state index in [4.69, 9.17) is 9.52 Å². The maximum atomic E-state index is 12.1. The first kappa shape index (κ1) is 14.3. The second-order valence-electron chi connectivity index (χ2n) is 4.18. The van der Waals surface area contributed by atoms with Gasteiger partial charge in [-0.1, -0.05) is 30.3 Å². The quantitative estimate of drug-likeness (QED) is 0.879. The maximum Gasteiger partial charge on any atom is 0.371 e. The van der Waals surface area contributed by atoms with Crippen LogP contribution in [0.4, 0.5) is 0 Å². The van der Waals surface area contributed by atoms with E-state index in [1.165, 1.54) is 0 Å². The predicted molar refractivity (Wildman–Crippen MR) is 70.8 cm³/mol. The van der Waals surface area contributed by atoms with Gasteiger partial charge in [-0.15, -0.1) is 0 Å². The lowest BCUT2D eigenvalue weighted by Gasteiger charge is -2.13. The van der Waals surface area contributed by atoms with E-state index in [2.05, 4.69) is 4.72 Å². The van der Waals surface area contributed by atoms with Crippen LogP contribution in [0.3, 0.4) is 0 Å². The van der Waals surface area contributed by atoms with E-state index in [0.29, 0.717) is 0 Å². The molecule has 0 bridgehead atoms. The summed E-state index contributed by atoms with van der Waals surface area (Å²) in [5.41, 5.74) is 0.793. The van der Waals surface area contributed by atoms with Crippen molar-refractivity contribution in [1.82, 2.24) is 4.72 Å². The summed E-state index contributed by atoms with van der Waals surface area (Å²) < 4.78 is 31.3. The summed E-state index contributed by atoms with van der Waals surface area (Å²) in [5, 5.41) is 8.30. The topological polar surface area (TPSA) is 96.6 Å². The van der Waals surface area contributed by atoms with Crippen molar-refractivity contribution in [3.8, 4) is 0 Å². The Morgan fingerprint density at radius 2 is 1.85 bits per heavy atom. The van der Waals surface area contributed by atoms with Crippen LogP contribution in [0.5, 0.6) is 0 Å². The SMILES string of the molecule is CC(NS(=O)(=O)c1ccc(C(=O)O)o1)c1ccccc1. The van der Waals surface area contributed by atoms with Crippen LogP contribution in [0.15, 0.2) is 52.0 Å². The average Bonchev–Trinajstić information content (AvgIpc) is 2.90. The molecule has 1 unspecified atom stereocenters. The Bertz CT molecular complexity index is 705. The standard InChI is InChI=1S/C13H13NO5S/c1-9(10-5-3-2-4-6-10)14-20(17,18)12-8-7-11(19-12)13(15)16/h2-9,14H,1H3,(H,15,16). The fourth-order valence-corrected chi connectivity index (χ4v) is 2.84. The monoisotopic (exact) mass is 295 g/mol. The molecule has 0 spiro atoms. The van der Waals surface area contributed by atoms with Gasteiger partial charge in [0.2, 0.25) is 10.9 Å². The van der Waals surface area contributed by atoms with Gasteiger partial charge in [0.1, 0.15) is 0 Å². The zero-order valence-corrected chi connectivity index (χ0v) is 11.4. The second kappa shape index (κ2) is 5.48. The lowest BCUT2D eigenvalue weighted by Crippen LogP contribution is -2.26. The van der Waals surface area contributed by atoms with E-state index in [-0.39, 0.29) is 0 Å². The highest BCUT2D eigenvalue weighted by Gasteiger charge is 2.23. The van der Waals surface area contributed by atoms with Crippen LogP contribution in [-0.2, 0) is 10.0 Å². The third-order valence-electron chi connectivity index (χ3n) is 2.69. The summed E-state index contributed by atoms with van der Waals surface area (Å²) in [6.07, 6.45) is 0. The molecule has 2 N–H and O–H groups in total. The highest BCUT2D eigenvalue weighted by Crippen LogP contribution is 2.18. The van der Waals surface area contributed by atoms with Crippen LogP contribution in [0.1, 0.15) is 29.1 Å². The van der Waals surface area contributed by atoms with Gasteiger partial charge in [0, 0.05) is 6.04 Å². The first-order chi connectivity index (χ1) is 9.40. The third kappa shape index (κ3) is 3.06. The van der Waals surface area contributed by atoms with Gasteiger partial charge in [-0.05, 0) is 24.6 Å². The van der Waals surface area contributed by atoms with E-state index in [0.717, 1.165) is 17.7 Å². The Morgan fingerprint density at radius 3 is 2.40 bits per heavy atom. The van der Waals surface area contributed by atoms with Gasteiger partial charge in [-0.25, -0.2) is 17.9 Å². The van der Waals surface area contributed by atoms with Gasteiger partial charge < -0.3 is 9.52 Å². The van der Waals surface area contributed by atoms with Crippen molar-refractivity contribution in [1.29, 1.82) is 0 Å². The molecule has 0 aliphatic rings. The molecule has 1 heterocycles. The summed E-state index contributed by atoms with van der Waals surface area (Å²) in [6.45, 7) is 1.69. The summed E-state index contributed by atoms with van der Waals surface area (Å²) >= 11 is 0. The molecule has 0 saturated carbocycles. The van der Waals surface area contributed by atoms with Crippen molar-refractivity contribution >= 4 is 16.0 Å². The molecule has 2 rings (SSSR count). The smallest absolute Gasteiger partial charge is 0.371 e. The lowest BCUT2D eigenvalue weighted by molar-refractivity contribution is 0.0656. The molecule has 1 aromatic heterocycles. The minimum atomic E-state index is -3.90. The van der Waals surface area contributed by atoms with Crippen molar-refractivity contribution in [2.24, 2.45) is 0 Å². The van der Waals surface area contributed by atoms with E-state index in [1.807, 2.05) is 6.07 Å². The van der Waals surface area contributed by atoms with Gasteiger partial charge in [0.05, 0.1) is 0 Å². The number of sulfonamides is 1. The van der Waals surface area contributed by atoms with Crippen molar-refractivity contribution in [2.45, 2.75) is 18.1 Å². The van der Waals surface area contributed by atoms with Gasteiger partial charge >= 0.3 is 5.97 Å². The van der Waals surface area contributed by atoms with Crippen LogP contribution < -0.4 is 4.72 Å². The molecule has 20 heavy (non-hydrogen) atoms. The fourth-order valence-electron chi connectivity index (χ4n) is 1.68. The van der Waals surface area contributed by atoms with Crippen LogP contribution in [0, 0.1) is 0 Å². The van der Waals surface area contributed by atoms with Crippen molar-refractivity contribution in [2.75, 3.05) is 0 Å². The third-order valence-corrected chi connectivity index (χ3v) is 4.10. The Morgan fingerprint density at radius 1 is 1.20 bits per heavy atom. The first-order valence-corrected chi connectivity index (χ1v) is 7.29. The van der Waals surface area contributed by atoms with E-state index < -0.39 is 32.9 Å². The number of aromatic carboxylic acids is 1. The van der Waals surface area contributed by atoms with Crippen molar-refractivity contribution in [3.63, 3.8) is 0 Å². The first-order valence-electron chi connectivity index (χ1n) is 5.80. The lowest BCUT2D eigenvalue weighted by atomic mass is 10.1. The number of carbonyl (C=O) groups is 1. The number of nitrogens with one attached hydrogen (secondary N) is 1. The molecule has 0 aliphatic carbocycles. The molecule has 7 heteroatoms.